The molecule has 1 saturated carbocycles. The summed E-state index contributed by atoms with van der Waals surface area (Å²) in [6, 6.07) is 10.3. The first-order chi connectivity index (χ1) is 7.38. The highest BCUT2D eigenvalue weighted by atomic mass is 16.5. The molecule has 1 aromatic carbocycles. The van der Waals surface area contributed by atoms with Gasteiger partial charge in [0, 0.05) is 7.11 Å². The van der Waals surface area contributed by atoms with Crippen molar-refractivity contribution in [3.8, 4) is 0 Å². The van der Waals surface area contributed by atoms with E-state index in [2.05, 4.69) is 12.1 Å². The van der Waals surface area contributed by atoms with Crippen molar-refractivity contribution in [1.29, 1.82) is 0 Å². The molecule has 1 aromatic rings. The molecule has 0 N–H and O–H groups in total. The molecule has 15 heavy (non-hydrogen) atoms. The fourth-order valence-electron chi connectivity index (χ4n) is 1.92. The van der Waals surface area contributed by atoms with E-state index in [9.17, 15) is 0 Å². The molecule has 82 valence electrons. The van der Waals surface area contributed by atoms with Crippen molar-refractivity contribution < 1.29 is 9.47 Å². The van der Waals surface area contributed by atoms with Crippen molar-refractivity contribution in [2.45, 2.75) is 25.6 Å². The van der Waals surface area contributed by atoms with Crippen molar-refractivity contribution in [2.75, 3.05) is 13.7 Å². The van der Waals surface area contributed by atoms with Crippen molar-refractivity contribution in [2.24, 2.45) is 5.92 Å². The molecule has 0 heterocycles. The Kier molecular flexibility index (Phi) is 3.75. The standard InChI is InChI=1S/C13H18O2/c1-14-13-7-12(8-13)10-15-9-11-5-3-2-4-6-11/h2-6,12-13H,7-10H2,1H3/t12-,13-. The smallest absolute Gasteiger partial charge is 0.0717 e. The predicted octanol–water partition coefficient (Wildman–Crippen LogP) is 2.63. The van der Waals surface area contributed by atoms with Crippen LogP contribution in [-0.2, 0) is 16.1 Å². The highest BCUT2D eigenvalue weighted by Crippen LogP contribution is 2.29. The van der Waals surface area contributed by atoms with E-state index in [-0.39, 0.29) is 0 Å². The van der Waals surface area contributed by atoms with Gasteiger partial charge in [-0.25, -0.2) is 0 Å². The average Bonchev–Trinajstić information content (AvgIpc) is 2.23. The van der Waals surface area contributed by atoms with Crippen LogP contribution in [0.5, 0.6) is 0 Å². The van der Waals surface area contributed by atoms with Gasteiger partial charge in [-0.2, -0.15) is 0 Å². The molecule has 1 aliphatic carbocycles. The molecule has 0 aliphatic heterocycles. The van der Waals surface area contributed by atoms with Crippen LogP contribution in [0.2, 0.25) is 0 Å². The summed E-state index contributed by atoms with van der Waals surface area (Å²) in [6.45, 7) is 1.60. The molecule has 0 spiro atoms. The predicted molar refractivity (Wildman–Crippen MR) is 59.6 cm³/mol. The van der Waals surface area contributed by atoms with Crippen LogP contribution in [0, 0.1) is 5.92 Å². The second-order valence-corrected chi connectivity index (χ2v) is 4.20. The van der Waals surface area contributed by atoms with E-state index in [4.69, 9.17) is 9.47 Å². The Morgan fingerprint density at radius 1 is 1.20 bits per heavy atom. The molecule has 2 heteroatoms. The Morgan fingerprint density at radius 3 is 2.60 bits per heavy atom. The number of hydrogen-bond donors (Lipinski definition) is 0. The van der Waals surface area contributed by atoms with Crippen molar-refractivity contribution in [3.05, 3.63) is 35.9 Å². The van der Waals surface area contributed by atoms with Crippen LogP contribution in [0.15, 0.2) is 30.3 Å². The molecule has 1 fully saturated rings. The van der Waals surface area contributed by atoms with E-state index in [0.29, 0.717) is 12.0 Å². The molecule has 2 nitrogen and oxygen atoms in total. The highest BCUT2D eigenvalue weighted by Gasteiger charge is 2.28. The van der Waals surface area contributed by atoms with Gasteiger partial charge >= 0.3 is 0 Å². The summed E-state index contributed by atoms with van der Waals surface area (Å²) in [6.07, 6.45) is 2.80. The first-order valence-corrected chi connectivity index (χ1v) is 5.53. The second kappa shape index (κ2) is 5.29. The van der Waals surface area contributed by atoms with Crippen LogP contribution in [0.4, 0.5) is 0 Å². The van der Waals surface area contributed by atoms with Crippen LogP contribution >= 0.6 is 0 Å². The number of benzene rings is 1. The Balaban J connectivity index is 1.60. The molecule has 0 unspecified atom stereocenters. The lowest BCUT2D eigenvalue weighted by molar-refractivity contribution is -0.0376. The van der Waals surface area contributed by atoms with Crippen molar-refractivity contribution in [3.63, 3.8) is 0 Å². The van der Waals surface area contributed by atoms with E-state index in [0.717, 1.165) is 26.1 Å². The molecule has 0 atom stereocenters. The fourth-order valence-corrected chi connectivity index (χ4v) is 1.92. The molecule has 0 aromatic heterocycles. The molecule has 2 rings (SSSR count). The molecule has 0 amide bonds. The highest BCUT2D eigenvalue weighted by molar-refractivity contribution is 5.13. The number of ether oxygens (including phenoxy) is 2. The van der Waals surface area contributed by atoms with Gasteiger partial charge in [-0.15, -0.1) is 0 Å². The van der Waals surface area contributed by atoms with Gasteiger partial charge in [0.2, 0.25) is 0 Å². The lowest BCUT2D eigenvalue weighted by Crippen LogP contribution is -2.33. The monoisotopic (exact) mass is 206 g/mol. The molecular formula is C13H18O2. The third kappa shape index (κ3) is 3.05. The van der Waals surface area contributed by atoms with Crippen molar-refractivity contribution >= 4 is 0 Å². The quantitative estimate of drug-likeness (QED) is 0.737. The Labute approximate surface area is 91.2 Å². The van der Waals surface area contributed by atoms with Gasteiger partial charge in [0.25, 0.3) is 0 Å². The normalized spacial score (nSPS) is 24.9. The molecular weight excluding hydrogens is 188 g/mol. The summed E-state index contributed by atoms with van der Waals surface area (Å²) in [5, 5.41) is 0. The lowest BCUT2D eigenvalue weighted by atomic mass is 9.83. The third-order valence-electron chi connectivity index (χ3n) is 2.99. The second-order valence-electron chi connectivity index (χ2n) is 4.20. The zero-order chi connectivity index (χ0) is 10.5. The summed E-state index contributed by atoms with van der Waals surface area (Å²) < 4.78 is 10.9. The third-order valence-corrected chi connectivity index (χ3v) is 2.99. The minimum Gasteiger partial charge on any atom is -0.381 e. The summed E-state index contributed by atoms with van der Waals surface area (Å²) >= 11 is 0. The Morgan fingerprint density at radius 2 is 1.93 bits per heavy atom. The average molecular weight is 206 g/mol. The number of rotatable bonds is 5. The topological polar surface area (TPSA) is 18.5 Å². The maximum atomic E-state index is 5.66. The molecule has 0 saturated heterocycles. The van der Waals surface area contributed by atoms with Gasteiger partial charge < -0.3 is 9.47 Å². The van der Waals surface area contributed by atoms with Gasteiger partial charge in [-0.05, 0) is 24.3 Å². The molecule has 0 bridgehead atoms. The van der Waals surface area contributed by atoms with Gasteiger partial charge in [0.1, 0.15) is 0 Å². The number of hydrogen-bond acceptors (Lipinski definition) is 2. The zero-order valence-corrected chi connectivity index (χ0v) is 9.19. The van der Waals surface area contributed by atoms with Crippen LogP contribution < -0.4 is 0 Å². The van der Waals surface area contributed by atoms with E-state index < -0.39 is 0 Å². The lowest BCUT2D eigenvalue weighted by Gasteiger charge is -2.33. The summed E-state index contributed by atoms with van der Waals surface area (Å²) in [7, 11) is 1.78. The maximum absolute atomic E-state index is 5.66. The van der Waals surface area contributed by atoms with Crippen LogP contribution in [0.1, 0.15) is 18.4 Å². The van der Waals surface area contributed by atoms with E-state index in [1.807, 2.05) is 18.2 Å². The molecule has 0 radical (unpaired) electrons. The van der Waals surface area contributed by atoms with Gasteiger partial charge in [0.15, 0.2) is 0 Å². The largest absolute Gasteiger partial charge is 0.381 e. The summed E-state index contributed by atoms with van der Waals surface area (Å²) in [4.78, 5) is 0. The fraction of sp³-hybridized carbons (Fsp3) is 0.538. The summed E-state index contributed by atoms with van der Waals surface area (Å²) in [5.41, 5.74) is 1.25. The minimum atomic E-state index is 0.482. The van der Waals surface area contributed by atoms with E-state index in [1.54, 1.807) is 7.11 Å². The molecule has 1 aliphatic rings. The first-order valence-electron chi connectivity index (χ1n) is 5.53. The van der Waals surface area contributed by atoms with Crippen LogP contribution in [-0.4, -0.2) is 19.8 Å². The van der Waals surface area contributed by atoms with Crippen LogP contribution in [0.25, 0.3) is 0 Å². The zero-order valence-electron chi connectivity index (χ0n) is 9.19. The Hall–Kier alpha value is -0.860. The van der Waals surface area contributed by atoms with Gasteiger partial charge in [-0.3, -0.25) is 0 Å². The van der Waals surface area contributed by atoms with Crippen LogP contribution in [0.3, 0.4) is 0 Å². The first kappa shape index (κ1) is 10.7. The van der Waals surface area contributed by atoms with Crippen molar-refractivity contribution in [1.82, 2.24) is 0 Å². The maximum Gasteiger partial charge on any atom is 0.0717 e. The Bertz CT molecular complexity index is 278. The minimum absolute atomic E-state index is 0.482. The SMILES string of the molecule is CO[C@H]1C[C@H](COCc2ccccc2)C1. The van der Waals surface area contributed by atoms with E-state index >= 15 is 0 Å². The van der Waals surface area contributed by atoms with Gasteiger partial charge in [-0.1, -0.05) is 30.3 Å². The van der Waals surface area contributed by atoms with Gasteiger partial charge in [0.05, 0.1) is 19.3 Å². The number of methoxy groups -OCH3 is 1. The van der Waals surface area contributed by atoms with E-state index in [1.165, 1.54) is 5.56 Å². The summed E-state index contributed by atoms with van der Waals surface area (Å²) in [5.74, 6) is 0.707.